The van der Waals surface area contributed by atoms with Crippen LogP contribution in [0.2, 0.25) is 0 Å². The summed E-state index contributed by atoms with van der Waals surface area (Å²) in [5, 5.41) is 0. The van der Waals surface area contributed by atoms with Gasteiger partial charge in [0, 0.05) is 20.1 Å². The Balaban J connectivity index is 4.73. The molecule has 0 rings (SSSR count). The van der Waals surface area contributed by atoms with Gasteiger partial charge in [-0.25, -0.2) is 0 Å². The summed E-state index contributed by atoms with van der Waals surface area (Å²) in [6.07, 6.45) is 10.6. The van der Waals surface area contributed by atoms with Crippen molar-refractivity contribution in [3.63, 3.8) is 0 Å². The quantitative estimate of drug-likeness (QED) is 0.277. The molecule has 152 valence electrons. The molecule has 0 aromatic carbocycles. The zero-order chi connectivity index (χ0) is 18.8. The average Bonchev–Trinajstić information content (AvgIpc) is 2.63. The van der Waals surface area contributed by atoms with E-state index in [2.05, 4.69) is 13.8 Å². The van der Waals surface area contributed by atoms with Crippen LogP contribution >= 0.6 is 0 Å². The van der Waals surface area contributed by atoms with E-state index in [9.17, 15) is 0 Å². The van der Waals surface area contributed by atoms with Crippen molar-refractivity contribution in [1.29, 1.82) is 0 Å². The maximum atomic E-state index is 6.22. The number of rotatable bonds is 19. The van der Waals surface area contributed by atoms with Gasteiger partial charge < -0.3 is 24.7 Å². The molecule has 5 heteroatoms. The van der Waals surface area contributed by atoms with Crippen LogP contribution in [0.1, 0.15) is 71.6 Å². The van der Waals surface area contributed by atoms with Gasteiger partial charge in [-0.2, -0.15) is 0 Å². The van der Waals surface area contributed by atoms with Gasteiger partial charge in [0.05, 0.1) is 26.4 Å². The second-order valence-corrected chi connectivity index (χ2v) is 6.68. The van der Waals surface area contributed by atoms with Crippen LogP contribution in [0.5, 0.6) is 0 Å². The van der Waals surface area contributed by atoms with Gasteiger partial charge in [-0.1, -0.05) is 52.4 Å². The van der Waals surface area contributed by atoms with E-state index in [1.165, 1.54) is 38.5 Å². The van der Waals surface area contributed by atoms with Crippen LogP contribution < -0.4 is 5.73 Å². The monoisotopic (exact) mass is 361 g/mol. The first-order chi connectivity index (χ1) is 12.2. The first kappa shape index (κ1) is 24.8. The fraction of sp³-hybridized carbons (Fsp3) is 1.00. The van der Waals surface area contributed by atoms with Crippen molar-refractivity contribution in [2.75, 3.05) is 47.2 Å². The van der Waals surface area contributed by atoms with Crippen molar-refractivity contribution >= 4 is 0 Å². The summed E-state index contributed by atoms with van der Waals surface area (Å²) in [6, 6.07) is 0. The fourth-order valence-corrected chi connectivity index (χ4v) is 3.32. The Morgan fingerprint density at radius 1 is 0.760 bits per heavy atom. The summed E-state index contributed by atoms with van der Waals surface area (Å²) in [5.74, 6) is -0.276. The van der Waals surface area contributed by atoms with Gasteiger partial charge in [0.2, 0.25) is 0 Å². The third-order valence-corrected chi connectivity index (χ3v) is 4.80. The number of hydrogen-bond donors (Lipinski definition) is 1. The highest BCUT2D eigenvalue weighted by molar-refractivity contribution is 4.80. The van der Waals surface area contributed by atoms with Gasteiger partial charge >= 0.3 is 0 Å². The standard InChI is InChI=1S/C20H43NO4/c1-5-7-8-9-10-11-12-19(13-14-21)20(6-2,24-17-15-22-3)25-18-16-23-4/h19H,5-18,21H2,1-4H3. The first-order valence-electron chi connectivity index (χ1n) is 10.2. The molecule has 0 radical (unpaired) electrons. The molecule has 0 spiro atoms. The van der Waals surface area contributed by atoms with Crippen LogP contribution in [-0.2, 0) is 18.9 Å². The van der Waals surface area contributed by atoms with E-state index >= 15 is 0 Å². The van der Waals surface area contributed by atoms with E-state index < -0.39 is 5.79 Å². The summed E-state index contributed by atoms with van der Waals surface area (Å²) in [4.78, 5) is 0. The topological polar surface area (TPSA) is 62.9 Å². The maximum Gasteiger partial charge on any atom is 0.171 e. The predicted molar refractivity (Wildman–Crippen MR) is 104 cm³/mol. The van der Waals surface area contributed by atoms with Crippen LogP contribution in [0, 0.1) is 5.92 Å². The lowest BCUT2D eigenvalue weighted by atomic mass is 9.87. The molecule has 0 bridgehead atoms. The average molecular weight is 362 g/mol. The molecule has 2 N–H and O–H groups in total. The van der Waals surface area contributed by atoms with Crippen molar-refractivity contribution in [3.8, 4) is 0 Å². The van der Waals surface area contributed by atoms with Crippen LogP contribution in [0.3, 0.4) is 0 Å². The van der Waals surface area contributed by atoms with Gasteiger partial charge in [0.25, 0.3) is 0 Å². The number of nitrogens with two attached hydrogens (primary N) is 1. The van der Waals surface area contributed by atoms with E-state index in [-0.39, 0.29) is 0 Å². The van der Waals surface area contributed by atoms with Gasteiger partial charge in [-0.15, -0.1) is 0 Å². The normalized spacial score (nSPS) is 13.3. The highest BCUT2D eigenvalue weighted by atomic mass is 16.7. The SMILES string of the molecule is CCCCCCCCC(CCN)C(CC)(OCCOC)OCCOC. The number of methoxy groups -OCH3 is 2. The molecule has 0 aliphatic rings. The third kappa shape index (κ3) is 11.2. The fourth-order valence-electron chi connectivity index (χ4n) is 3.32. The van der Waals surface area contributed by atoms with E-state index in [1.54, 1.807) is 14.2 Å². The summed E-state index contributed by atoms with van der Waals surface area (Å²) >= 11 is 0. The predicted octanol–water partition coefficient (Wildman–Crippen LogP) is 4.13. The summed E-state index contributed by atoms with van der Waals surface area (Å²) in [6.45, 7) is 7.25. The van der Waals surface area contributed by atoms with Crippen molar-refractivity contribution in [2.45, 2.75) is 77.4 Å². The van der Waals surface area contributed by atoms with Crippen molar-refractivity contribution in [3.05, 3.63) is 0 Å². The van der Waals surface area contributed by atoms with E-state index in [0.29, 0.717) is 38.9 Å². The molecule has 0 aromatic rings. The van der Waals surface area contributed by atoms with E-state index in [0.717, 1.165) is 19.3 Å². The van der Waals surface area contributed by atoms with Gasteiger partial charge in [-0.05, 0) is 25.8 Å². The number of ether oxygens (including phenoxy) is 4. The van der Waals surface area contributed by atoms with E-state index in [4.69, 9.17) is 24.7 Å². The second kappa shape index (κ2) is 17.2. The Kier molecular flexibility index (Phi) is 17.1. The highest BCUT2D eigenvalue weighted by Crippen LogP contribution is 2.34. The lowest BCUT2D eigenvalue weighted by Gasteiger charge is -2.40. The Bertz CT molecular complexity index is 266. The number of hydrogen-bond acceptors (Lipinski definition) is 5. The second-order valence-electron chi connectivity index (χ2n) is 6.68. The zero-order valence-corrected chi connectivity index (χ0v) is 17.2. The minimum absolute atomic E-state index is 0.308. The Labute approximate surface area is 155 Å². The van der Waals surface area contributed by atoms with Crippen molar-refractivity contribution < 1.29 is 18.9 Å². The lowest BCUT2D eigenvalue weighted by Crippen LogP contribution is -2.45. The Morgan fingerprint density at radius 2 is 1.32 bits per heavy atom. The molecule has 5 nitrogen and oxygen atoms in total. The molecule has 0 heterocycles. The molecule has 0 saturated heterocycles. The van der Waals surface area contributed by atoms with Gasteiger partial charge in [-0.3, -0.25) is 0 Å². The molecule has 0 aliphatic carbocycles. The Morgan fingerprint density at radius 3 is 1.80 bits per heavy atom. The van der Waals surface area contributed by atoms with Crippen molar-refractivity contribution in [2.24, 2.45) is 11.7 Å². The molecular formula is C20H43NO4. The van der Waals surface area contributed by atoms with Gasteiger partial charge in [0.1, 0.15) is 0 Å². The summed E-state index contributed by atoms with van der Waals surface area (Å²) in [7, 11) is 3.38. The van der Waals surface area contributed by atoms with Gasteiger partial charge in [0.15, 0.2) is 5.79 Å². The van der Waals surface area contributed by atoms with Crippen LogP contribution in [0.4, 0.5) is 0 Å². The summed E-state index contributed by atoms with van der Waals surface area (Å²) in [5.41, 5.74) is 5.90. The van der Waals surface area contributed by atoms with Crippen LogP contribution in [-0.4, -0.2) is 53.0 Å². The van der Waals surface area contributed by atoms with Crippen LogP contribution in [0.15, 0.2) is 0 Å². The molecule has 1 atom stereocenters. The summed E-state index contributed by atoms with van der Waals surface area (Å²) < 4.78 is 22.7. The Hall–Kier alpha value is -0.200. The molecule has 0 aliphatic heterocycles. The molecule has 0 fully saturated rings. The molecule has 25 heavy (non-hydrogen) atoms. The molecule has 0 amide bonds. The molecule has 0 aromatic heterocycles. The minimum Gasteiger partial charge on any atom is -0.382 e. The van der Waals surface area contributed by atoms with E-state index in [1.807, 2.05) is 0 Å². The molecular weight excluding hydrogens is 318 g/mol. The number of unbranched alkanes of at least 4 members (excludes halogenated alkanes) is 5. The maximum absolute atomic E-state index is 6.22. The lowest BCUT2D eigenvalue weighted by molar-refractivity contribution is -0.277. The first-order valence-corrected chi connectivity index (χ1v) is 10.2. The smallest absolute Gasteiger partial charge is 0.171 e. The zero-order valence-electron chi connectivity index (χ0n) is 17.2. The highest BCUT2D eigenvalue weighted by Gasteiger charge is 2.38. The molecule has 0 saturated carbocycles. The van der Waals surface area contributed by atoms with Crippen molar-refractivity contribution in [1.82, 2.24) is 0 Å². The molecule has 1 unspecified atom stereocenters. The largest absolute Gasteiger partial charge is 0.382 e. The van der Waals surface area contributed by atoms with Crippen LogP contribution in [0.25, 0.3) is 0 Å². The third-order valence-electron chi connectivity index (χ3n) is 4.80. The minimum atomic E-state index is -0.583.